The number of likely N-dealkylation sites (N-methyl/N-ethyl adjacent to an activating group) is 1. The zero-order chi connectivity index (χ0) is 19.8. The molecule has 2 N–H and O–H groups in total. The van der Waals surface area contributed by atoms with Crippen molar-refractivity contribution in [2.75, 3.05) is 27.2 Å². The molecule has 7 heteroatoms. The first-order chi connectivity index (χ1) is 13.7. The lowest BCUT2D eigenvalue weighted by atomic mass is 10.2. The van der Waals surface area contributed by atoms with Gasteiger partial charge in [-0.1, -0.05) is 24.3 Å². The quantitative estimate of drug-likeness (QED) is 0.448. The molecule has 0 aliphatic rings. The van der Waals surface area contributed by atoms with Crippen LogP contribution in [0.2, 0.25) is 0 Å². The molecule has 28 heavy (non-hydrogen) atoms. The average molecular weight is 398 g/mol. The van der Waals surface area contributed by atoms with E-state index in [1.54, 1.807) is 17.6 Å². The molecule has 2 heterocycles. The predicted octanol–water partition coefficient (Wildman–Crippen LogP) is 3.76. The number of aromatic nitrogens is 1. The SMILES string of the molecule is CCNC(=NCc1coc(-c2ccccc2)n1)NCC(c1cccs1)N(C)C. The highest BCUT2D eigenvalue weighted by molar-refractivity contribution is 7.10. The van der Waals surface area contributed by atoms with Gasteiger partial charge in [-0.15, -0.1) is 11.3 Å². The van der Waals surface area contributed by atoms with E-state index in [9.17, 15) is 0 Å². The number of aliphatic imine (C=N–C) groups is 1. The Morgan fingerprint density at radius 2 is 2.00 bits per heavy atom. The maximum absolute atomic E-state index is 5.60. The standard InChI is InChI=1S/C21H27N5OS/c1-4-22-21(24-14-18(26(2)3)19-11-8-12-28-19)23-13-17-15-27-20(25-17)16-9-6-5-7-10-16/h5-12,15,18H,4,13-14H2,1-3H3,(H2,22,23,24). The van der Waals surface area contributed by atoms with Gasteiger partial charge in [0.2, 0.25) is 5.89 Å². The second-order valence-corrected chi connectivity index (χ2v) is 7.56. The molecule has 0 amide bonds. The minimum absolute atomic E-state index is 0.292. The first-order valence-electron chi connectivity index (χ1n) is 9.39. The number of guanidine groups is 1. The number of hydrogen-bond donors (Lipinski definition) is 2. The Kier molecular flexibility index (Phi) is 7.22. The third-order valence-electron chi connectivity index (χ3n) is 4.27. The van der Waals surface area contributed by atoms with Crippen molar-refractivity contribution in [2.45, 2.75) is 19.5 Å². The summed E-state index contributed by atoms with van der Waals surface area (Å²) in [4.78, 5) is 12.7. The summed E-state index contributed by atoms with van der Waals surface area (Å²) in [5.41, 5.74) is 1.77. The smallest absolute Gasteiger partial charge is 0.226 e. The summed E-state index contributed by atoms with van der Waals surface area (Å²) in [7, 11) is 4.19. The highest BCUT2D eigenvalue weighted by atomic mass is 32.1. The number of nitrogens with one attached hydrogen (secondary N) is 2. The van der Waals surface area contributed by atoms with Crippen molar-refractivity contribution >= 4 is 17.3 Å². The molecule has 0 saturated carbocycles. The lowest BCUT2D eigenvalue weighted by Gasteiger charge is -2.24. The Bertz CT molecular complexity index is 858. The molecule has 0 spiro atoms. The monoisotopic (exact) mass is 397 g/mol. The van der Waals surface area contributed by atoms with E-state index in [1.165, 1.54) is 4.88 Å². The normalized spacial score (nSPS) is 12.9. The zero-order valence-electron chi connectivity index (χ0n) is 16.6. The van der Waals surface area contributed by atoms with Gasteiger partial charge in [-0.05, 0) is 44.6 Å². The molecule has 0 aliphatic carbocycles. The summed E-state index contributed by atoms with van der Waals surface area (Å²) in [5.74, 6) is 1.39. The molecule has 6 nitrogen and oxygen atoms in total. The Balaban J connectivity index is 1.63. The topological polar surface area (TPSA) is 65.7 Å². The van der Waals surface area contributed by atoms with Crippen LogP contribution in [0.25, 0.3) is 11.5 Å². The molecule has 2 aromatic heterocycles. The van der Waals surface area contributed by atoms with E-state index >= 15 is 0 Å². The number of oxazole rings is 1. The Morgan fingerprint density at radius 1 is 1.18 bits per heavy atom. The molecule has 3 rings (SSSR count). The Hall–Kier alpha value is -2.64. The van der Waals surface area contributed by atoms with Crippen molar-refractivity contribution in [3.8, 4) is 11.5 Å². The van der Waals surface area contributed by atoms with Gasteiger partial charge in [-0.2, -0.15) is 0 Å². The van der Waals surface area contributed by atoms with Gasteiger partial charge in [0.25, 0.3) is 0 Å². The number of rotatable bonds is 8. The van der Waals surface area contributed by atoms with Crippen molar-refractivity contribution in [1.29, 1.82) is 0 Å². The first kappa shape index (κ1) is 20.1. The van der Waals surface area contributed by atoms with Crippen LogP contribution in [0.4, 0.5) is 0 Å². The fourth-order valence-electron chi connectivity index (χ4n) is 2.81. The third-order valence-corrected chi connectivity index (χ3v) is 5.25. The summed E-state index contributed by atoms with van der Waals surface area (Å²) in [6.07, 6.45) is 1.67. The highest BCUT2D eigenvalue weighted by Gasteiger charge is 2.15. The van der Waals surface area contributed by atoms with Gasteiger partial charge in [0.05, 0.1) is 12.6 Å². The molecule has 0 bridgehead atoms. The molecule has 0 aliphatic heterocycles. The van der Waals surface area contributed by atoms with Crippen molar-refractivity contribution in [2.24, 2.45) is 4.99 Å². The molecule has 1 atom stereocenters. The van der Waals surface area contributed by atoms with Gasteiger partial charge in [0.15, 0.2) is 5.96 Å². The van der Waals surface area contributed by atoms with Crippen molar-refractivity contribution in [3.05, 3.63) is 64.7 Å². The van der Waals surface area contributed by atoms with Crippen LogP contribution < -0.4 is 10.6 Å². The molecular weight excluding hydrogens is 370 g/mol. The van der Waals surface area contributed by atoms with E-state index in [2.05, 4.69) is 64.0 Å². The van der Waals surface area contributed by atoms with Crippen LogP contribution >= 0.6 is 11.3 Å². The van der Waals surface area contributed by atoms with Crippen molar-refractivity contribution in [1.82, 2.24) is 20.5 Å². The van der Waals surface area contributed by atoms with Crippen molar-refractivity contribution in [3.63, 3.8) is 0 Å². The second kappa shape index (κ2) is 10.1. The summed E-state index contributed by atoms with van der Waals surface area (Å²) >= 11 is 1.77. The van der Waals surface area contributed by atoms with Gasteiger partial charge in [-0.3, -0.25) is 0 Å². The van der Waals surface area contributed by atoms with Gasteiger partial charge in [-0.25, -0.2) is 9.98 Å². The highest BCUT2D eigenvalue weighted by Crippen LogP contribution is 2.22. The van der Waals surface area contributed by atoms with Gasteiger partial charge < -0.3 is 20.0 Å². The molecule has 0 radical (unpaired) electrons. The fraction of sp³-hybridized carbons (Fsp3) is 0.333. The summed E-state index contributed by atoms with van der Waals surface area (Å²) < 4.78 is 5.60. The van der Waals surface area contributed by atoms with Crippen LogP contribution in [-0.2, 0) is 6.54 Å². The minimum atomic E-state index is 0.292. The number of benzene rings is 1. The third kappa shape index (κ3) is 5.43. The van der Waals surface area contributed by atoms with E-state index in [1.807, 2.05) is 30.3 Å². The minimum Gasteiger partial charge on any atom is -0.444 e. The lowest BCUT2D eigenvalue weighted by molar-refractivity contribution is 0.302. The predicted molar refractivity (Wildman–Crippen MR) is 116 cm³/mol. The van der Waals surface area contributed by atoms with Gasteiger partial charge in [0, 0.05) is 23.5 Å². The van der Waals surface area contributed by atoms with Crippen LogP contribution in [-0.4, -0.2) is 43.0 Å². The van der Waals surface area contributed by atoms with Crippen molar-refractivity contribution < 1.29 is 4.42 Å². The molecule has 1 unspecified atom stereocenters. The first-order valence-corrected chi connectivity index (χ1v) is 10.3. The van der Waals surface area contributed by atoms with Gasteiger partial charge >= 0.3 is 0 Å². The number of hydrogen-bond acceptors (Lipinski definition) is 5. The van der Waals surface area contributed by atoms with Crippen LogP contribution in [0.5, 0.6) is 0 Å². The Morgan fingerprint density at radius 3 is 2.68 bits per heavy atom. The molecular formula is C21H27N5OS. The Labute approximate surface area is 170 Å². The van der Waals surface area contributed by atoms with E-state index in [4.69, 9.17) is 4.42 Å². The van der Waals surface area contributed by atoms with Crippen LogP contribution in [0.3, 0.4) is 0 Å². The van der Waals surface area contributed by atoms with E-state index in [-0.39, 0.29) is 0 Å². The van der Waals surface area contributed by atoms with E-state index in [0.717, 1.165) is 30.3 Å². The van der Waals surface area contributed by atoms with E-state index in [0.29, 0.717) is 18.5 Å². The maximum Gasteiger partial charge on any atom is 0.226 e. The molecule has 0 fully saturated rings. The number of nitrogens with zero attached hydrogens (tertiary/aromatic N) is 3. The largest absolute Gasteiger partial charge is 0.444 e. The average Bonchev–Trinajstić information content (AvgIpc) is 3.39. The van der Waals surface area contributed by atoms with Crippen LogP contribution in [0.1, 0.15) is 23.5 Å². The van der Waals surface area contributed by atoms with Gasteiger partial charge in [0.1, 0.15) is 12.0 Å². The summed E-state index contributed by atoms with van der Waals surface area (Å²) in [6.45, 7) is 4.08. The summed E-state index contributed by atoms with van der Waals surface area (Å²) in [5, 5.41) is 8.85. The lowest BCUT2D eigenvalue weighted by Crippen LogP contribution is -2.41. The van der Waals surface area contributed by atoms with Crippen LogP contribution in [0.15, 0.2) is 63.5 Å². The maximum atomic E-state index is 5.60. The van der Waals surface area contributed by atoms with Crippen LogP contribution in [0, 0.1) is 0 Å². The fourth-order valence-corrected chi connectivity index (χ4v) is 3.73. The molecule has 0 saturated heterocycles. The molecule has 3 aromatic rings. The second-order valence-electron chi connectivity index (χ2n) is 6.58. The molecule has 1 aromatic carbocycles. The molecule has 148 valence electrons. The summed E-state index contributed by atoms with van der Waals surface area (Å²) in [6, 6.07) is 14.4. The van der Waals surface area contributed by atoms with E-state index < -0.39 is 0 Å². The zero-order valence-corrected chi connectivity index (χ0v) is 17.4. The number of thiophene rings is 1.